The first-order valence-corrected chi connectivity index (χ1v) is 12.4. The van der Waals surface area contributed by atoms with Crippen molar-refractivity contribution in [2.75, 3.05) is 11.9 Å². The van der Waals surface area contributed by atoms with Gasteiger partial charge in [-0.1, -0.05) is 55.5 Å². The summed E-state index contributed by atoms with van der Waals surface area (Å²) in [5, 5.41) is 4.80. The molecule has 1 N–H and O–H groups in total. The summed E-state index contributed by atoms with van der Waals surface area (Å²) in [6.45, 7) is 2.80. The molecule has 0 fully saturated rings. The van der Waals surface area contributed by atoms with Gasteiger partial charge in [-0.2, -0.15) is 0 Å². The third-order valence-corrected chi connectivity index (χ3v) is 7.14. The third-order valence-electron chi connectivity index (χ3n) is 7.14. The van der Waals surface area contributed by atoms with Crippen LogP contribution in [-0.4, -0.2) is 17.4 Å². The predicted molar refractivity (Wildman–Crippen MR) is 141 cm³/mol. The molecule has 0 saturated carbocycles. The van der Waals surface area contributed by atoms with Crippen LogP contribution in [0.1, 0.15) is 54.8 Å². The molecule has 35 heavy (non-hydrogen) atoms. The lowest BCUT2D eigenvalue weighted by Gasteiger charge is -2.37. The number of nitrogens with one attached hydrogen (secondary N) is 1. The topological polar surface area (TPSA) is 51.2 Å². The molecule has 3 aromatic carbocycles. The van der Waals surface area contributed by atoms with Gasteiger partial charge in [-0.3, -0.25) is 9.78 Å². The number of hydrogen-bond acceptors (Lipinski definition) is 4. The summed E-state index contributed by atoms with van der Waals surface area (Å²) in [4.78, 5) is 18.4. The number of allylic oxidation sites excluding steroid dienone is 1. The number of ketones is 1. The Morgan fingerprint density at radius 1 is 0.914 bits per heavy atom. The van der Waals surface area contributed by atoms with Crippen molar-refractivity contribution in [3.8, 4) is 5.75 Å². The van der Waals surface area contributed by atoms with Crippen molar-refractivity contribution in [1.82, 2.24) is 4.98 Å². The van der Waals surface area contributed by atoms with E-state index in [9.17, 15) is 4.79 Å². The number of aromatic nitrogens is 1. The normalized spacial score (nSPS) is 19.2. The van der Waals surface area contributed by atoms with Crippen molar-refractivity contribution in [1.29, 1.82) is 0 Å². The van der Waals surface area contributed by atoms with Crippen LogP contribution in [0.25, 0.3) is 16.5 Å². The summed E-state index contributed by atoms with van der Waals surface area (Å²) in [5.74, 6) is 1.25. The smallest absolute Gasteiger partial charge is 0.162 e. The zero-order chi connectivity index (χ0) is 23.8. The van der Waals surface area contributed by atoms with Crippen molar-refractivity contribution in [2.45, 2.75) is 38.1 Å². The molecule has 0 radical (unpaired) electrons. The summed E-state index contributed by atoms with van der Waals surface area (Å²) in [6, 6.07) is 26.7. The molecule has 1 aliphatic heterocycles. The van der Waals surface area contributed by atoms with Gasteiger partial charge in [-0.15, -0.1) is 0 Å². The summed E-state index contributed by atoms with van der Waals surface area (Å²) < 4.78 is 5.79. The largest absolute Gasteiger partial charge is 0.494 e. The van der Waals surface area contributed by atoms with Crippen LogP contribution < -0.4 is 10.1 Å². The van der Waals surface area contributed by atoms with Gasteiger partial charge in [0.15, 0.2) is 5.78 Å². The lowest BCUT2D eigenvalue weighted by atomic mass is 9.72. The molecule has 2 aliphatic rings. The molecule has 2 unspecified atom stereocenters. The number of pyridine rings is 1. The van der Waals surface area contributed by atoms with Crippen molar-refractivity contribution in [3.05, 3.63) is 107 Å². The van der Waals surface area contributed by atoms with Gasteiger partial charge in [0, 0.05) is 34.8 Å². The molecule has 1 aliphatic carbocycles. The van der Waals surface area contributed by atoms with E-state index in [-0.39, 0.29) is 17.7 Å². The molecule has 174 valence electrons. The highest BCUT2D eigenvalue weighted by Crippen LogP contribution is 2.50. The number of rotatable bonds is 5. The number of hydrogen-bond donors (Lipinski definition) is 1. The first-order valence-electron chi connectivity index (χ1n) is 12.4. The van der Waals surface area contributed by atoms with Gasteiger partial charge in [0.2, 0.25) is 0 Å². The van der Waals surface area contributed by atoms with E-state index in [0.717, 1.165) is 57.5 Å². The van der Waals surface area contributed by atoms with Crippen LogP contribution in [0.15, 0.2) is 90.6 Å². The number of benzene rings is 3. The monoisotopic (exact) mass is 460 g/mol. The quantitative estimate of drug-likeness (QED) is 0.345. The molecule has 1 aromatic heterocycles. The zero-order valence-corrected chi connectivity index (χ0v) is 19.8. The summed E-state index contributed by atoms with van der Waals surface area (Å²) in [6.07, 6.45) is 4.15. The SMILES string of the molecule is CCCOc1ccc(C2Nc3ccc4ncccc4c3C3=C2C(=O)CC(c2ccccc2)C3)cc1. The Labute approximate surface area is 205 Å². The molecular weight excluding hydrogens is 432 g/mol. The minimum Gasteiger partial charge on any atom is -0.494 e. The van der Waals surface area contributed by atoms with Crippen LogP contribution in [0.3, 0.4) is 0 Å². The van der Waals surface area contributed by atoms with E-state index in [0.29, 0.717) is 13.0 Å². The number of nitrogens with zero attached hydrogens (tertiary/aromatic N) is 1. The molecule has 6 rings (SSSR count). The second-order valence-electron chi connectivity index (χ2n) is 9.38. The van der Waals surface area contributed by atoms with Gasteiger partial charge >= 0.3 is 0 Å². The fraction of sp³-hybridized carbons (Fsp3) is 0.226. The molecular formula is C31H28N2O2. The lowest BCUT2D eigenvalue weighted by Crippen LogP contribution is -2.29. The van der Waals surface area contributed by atoms with E-state index in [1.54, 1.807) is 0 Å². The number of Topliss-reactive ketones (excluding diaryl/α,β-unsaturated/α-hetero) is 1. The highest BCUT2D eigenvalue weighted by atomic mass is 16.5. The Kier molecular flexibility index (Phi) is 5.57. The Morgan fingerprint density at radius 3 is 2.54 bits per heavy atom. The number of ether oxygens (including phenoxy) is 1. The van der Waals surface area contributed by atoms with Crippen LogP contribution >= 0.6 is 0 Å². The fourth-order valence-electron chi connectivity index (χ4n) is 5.52. The summed E-state index contributed by atoms with van der Waals surface area (Å²) in [5.41, 5.74) is 7.47. The van der Waals surface area contributed by atoms with Crippen LogP contribution in [0.4, 0.5) is 5.69 Å². The maximum absolute atomic E-state index is 13.8. The molecule has 0 spiro atoms. The maximum Gasteiger partial charge on any atom is 0.162 e. The van der Waals surface area contributed by atoms with E-state index in [2.05, 4.69) is 71.8 Å². The molecule has 2 heterocycles. The Bertz CT molecular complexity index is 1420. The zero-order valence-electron chi connectivity index (χ0n) is 19.8. The minimum absolute atomic E-state index is 0.172. The van der Waals surface area contributed by atoms with Crippen LogP contribution in [0, 0.1) is 0 Å². The molecule has 4 aromatic rings. The van der Waals surface area contributed by atoms with Gasteiger partial charge in [0.05, 0.1) is 18.2 Å². The Morgan fingerprint density at radius 2 is 1.74 bits per heavy atom. The lowest BCUT2D eigenvalue weighted by molar-refractivity contribution is -0.116. The highest BCUT2D eigenvalue weighted by molar-refractivity contribution is 6.12. The van der Waals surface area contributed by atoms with Gasteiger partial charge < -0.3 is 10.1 Å². The maximum atomic E-state index is 13.8. The van der Waals surface area contributed by atoms with Gasteiger partial charge in [-0.05, 0) is 65.8 Å². The van der Waals surface area contributed by atoms with E-state index >= 15 is 0 Å². The first-order chi connectivity index (χ1) is 17.2. The molecule has 2 atom stereocenters. The Balaban J connectivity index is 1.49. The van der Waals surface area contributed by atoms with Gasteiger partial charge in [-0.25, -0.2) is 0 Å². The molecule has 4 nitrogen and oxygen atoms in total. The number of anilines is 1. The van der Waals surface area contributed by atoms with E-state index in [1.165, 1.54) is 5.56 Å². The van der Waals surface area contributed by atoms with Crippen molar-refractivity contribution < 1.29 is 9.53 Å². The molecule has 0 saturated heterocycles. The summed E-state index contributed by atoms with van der Waals surface area (Å²) in [7, 11) is 0. The van der Waals surface area contributed by atoms with Crippen molar-refractivity contribution >= 4 is 27.9 Å². The van der Waals surface area contributed by atoms with E-state index < -0.39 is 0 Å². The average Bonchev–Trinajstić information content (AvgIpc) is 2.91. The van der Waals surface area contributed by atoms with Crippen molar-refractivity contribution in [3.63, 3.8) is 0 Å². The number of fused-ring (bicyclic) bond motifs is 4. The second kappa shape index (κ2) is 9.03. The van der Waals surface area contributed by atoms with Crippen LogP contribution in [0.2, 0.25) is 0 Å². The van der Waals surface area contributed by atoms with Crippen LogP contribution in [-0.2, 0) is 4.79 Å². The summed E-state index contributed by atoms with van der Waals surface area (Å²) >= 11 is 0. The molecule has 0 amide bonds. The van der Waals surface area contributed by atoms with E-state index in [4.69, 9.17) is 4.74 Å². The molecule has 0 bridgehead atoms. The third kappa shape index (κ3) is 3.89. The predicted octanol–water partition coefficient (Wildman–Crippen LogP) is 7.09. The highest BCUT2D eigenvalue weighted by Gasteiger charge is 2.38. The minimum atomic E-state index is -0.184. The van der Waals surface area contributed by atoms with Gasteiger partial charge in [0.1, 0.15) is 5.75 Å². The standard InChI is InChI=1S/C31H28N2O2/c1-2-17-35-23-12-10-21(11-13-23)31-30-25(18-22(19-28(30)34)20-7-4-3-5-8-20)29-24-9-6-16-32-26(24)14-15-27(29)33-31/h3-16,22,31,33H,2,17-19H2,1H3. The first kappa shape index (κ1) is 21.6. The fourth-order valence-corrected chi connectivity index (χ4v) is 5.52. The van der Waals surface area contributed by atoms with Crippen LogP contribution in [0.5, 0.6) is 5.75 Å². The number of carbonyl (C=O) groups excluding carboxylic acids is 1. The van der Waals surface area contributed by atoms with Crippen molar-refractivity contribution in [2.24, 2.45) is 0 Å². The number of carbonyl (C=O) groups is 1. The second-order valence-corrected chi connectivity index (χ2v) is 9.38. The molecule has 4 heteroatoms. The van der Waals surface area contributed by atoms with Gasteiger partial charge in [0.25, 0.3) is 0 Å². The average molecular weight is 461 g/mol. The Hall–Kier alpha value is -3.92. The van der Waals surface area contributed by atoms with E-state index in [1.807, 2.05) is 30.5 Å².